The first-order valence-corrected chi connectivity index (χ1v) is 7.39. The number of amides is 1. The molecule has 0 saturated heterocycles. The number of aromatic nitrogens is 1. The van der Waals surface area contributed by atoms with Crippen LogP contribution in [0.5, 0.6) is 5.75 Å². The molecule has 0 bridgehead atoms. The average Bonchev–Trinajstić information content (AvgIpc) is 2.42. The van der Waals surface area contributed by atoms with Crippen molar-refractivity contribution in [3.05, 3.63) is 53.3 Å². The van der Waals surface area contributed by atoms with Crippen LogP contribution in [0.1, 0.15) is 26.3 Å². The fraction of sp³-hybridized carbons (Fsp3) is 0.294. The minimum atomic E-state index is -0.358. The van der Waals surface area contributed by atoms with Gasteiger partial charge < -0.3 is 10.1 Å². The van der Waals surface area contributed by atoms with Crippen LogP contribution in [0, 0.1) is 0 Å². The number of halogens is 1. The van der Waals surface area contributed by atoms with Crippen molar-refractivity contribution >= 4 is 23.2 Å². The zero-order valence-corrected chi connectivity index (χ0v) is 13.6. The van der Waals surface area contributed by atoms with E-state index in [2.05, 4.69) is 10.3 Å². The Morgan fingerprint density at radius 2 is 2.00 bits per heavy atom. The Morgan fingerprint density at radius 3 is 2.68 bits per heavy atom. The van der Waals surface area contributed by atoms with E-state index in [1.807, 2.05) is 39.0 Å². The fourth-order valence-electron chi connectivity index (χ4n) is 1.90. The minimum Gasteiger partial charge on any atom is -0.486 e. The minimum absolute atomic E-state index is 0.167. The van der Waals surface area contributed by atoms with Crippen LogP contribution < -0.4 is 10.1 Å². The van der Waals surface area contributed by atoms with Crippen molar-refractivity contribution in [2.45, 2.75) is 32.8 Å². The van der Waals surface area contributed by atoms with Gasteiger partial charge in [0.25, 0.3) is 0 Å². The molecule has 0 aliphatic carbocycles. The molecule has 0 saturated carbocycles. The monoisotopic (exact) mass is 318 g/mol. The second-order valence-electron chi connectivity index (χ2n) is 5.90. The average molecular weight is 319 g/mol. The van der Waals surface area contributed by atoms with E-state index in [9.17, 15) is 4.79 Å². The van der Waals surface area contributed by atoms with Crippen LogP contribution in [0.25, 0.3) is 0 Å². The predicted octanol–water partition coefficient (Wildman–Crippen LogP) is 4.09. The Kier molecular flexibility index (Phi) is 5.03. The number of carbonyl (C=O) groups excluding carboxylic acids is 1. The van der Waals surface area contributed by atoms with Crippen LogP contribution in [-0.4, -0.2) is 16.5 Å². The van der Waals surface area contributed by atoms with E-state index in [4.69, 9.17) is 16.3 Å². The summed E-state index contributed by atoms with van der Waals surface area (Å²) in [6, 6.07) is 9.02. The Labute approximate surface area is 135 Å². The Balaban J connectivity index is 2.11. The molecule has 1 aromatic heterocycles. The third-order valence-electron chi connectivity index (χ3n) is 2.78. The highest BCUT2D eigenvalue weighted by atomic mass is 35.5. The molecule has 1 N–H and O–H groups in total. The summed E-state index contributed by atoms with van der Waals surface area (Å²) in [5, 5.41) is 3.40. The van der Waals surface area contributed by atoms with Crippen LogP contribution in [0.15, 0.2) is 42.7 Å². The van der Waals surface area contributed by atoms with Gasteiger partial charge in [-0.15, -0.1) is 0 Å². The first-order valence-electron chi connectivity index (χ1n) is 7.01. The molecule has 4 nitrogen and oxygen atoms in total. The van der Waals surface area contributed by atoms with E-state index in [0.717, 1.165) is 5.56 Å². The van der Waals surface area contributed by atoms with Gasteiger partial charge in [0.05, 0.1) is 12.6 Å². The van der Waals surface area contributed by atoms with Crippen molar-refractivity contribution in [1.29, 1.82) is 0 Å². The Morgan fingerprint density at radius 1 is 1.27 bits per heavy atom. The van der Waals surface area contributed by atoms with Gasteiger partial charge in [-0.25, -0.2) is 0 Å². The van der Waals surface area contributed by atoms with Crippen molar-refractivity contribution in [2.75, 3.05) is 5.32 Å². The number of rotatable bonds is 4. The van der Waals surface area contributed by atoms with Gasteiger partial charge >= 0.3 is 0 Å². The zero-order valence-electron chi connectivity index (χ0n) is 12.9. The topological polar surface area (TPSA) is 51.2 Å². The van der Waals surface area contributed by atoms with Crippen molar-refractivity contribution < 1.29 is 9.53 Å². The molecule has 0 radical (unpaired) electrons. The number of nitrogens with one attached hydrogen (secondary N) is 1. The van der Waals surface area contributed by atoms with Gasteiger partial charge in [-0.2, -0.15) is 0 Å². The van der Waals surface area contributed by atoms with Crippen LogP contribution >= 0.6 is 11.6 Å². The third kappa shape index (κ3) is 4.74. The fourth-order valence-corrected chi connectivity index (χ4v) is 2.11. The normalized spacial score (nSPS) is 11.1. The van der Waals surface area contributed by atoms with Gasteiger partial charge in [0.15, 0.2) is 0 Å². The number of benzene rings is 1. The number of nitrogens with zero attached hydrogens (tertiary/aromatic N) is 1. The van der Waals surface area contributed by atoms with E-state index < -0.39 is 0 Å². The van der Waals surface area contributed by atoms with E-state index >= 15 is 0 Å². The molecule has 22 heavy (non-hydrogen) atoms. The summed E-state index contributed by atoms with van der Waals surface area (Å²) in [4.78, 5) is 16.2. The predicted molar refractivity (Wildman–Crippen MR) is 88.4 cm³/mol. The van der Waals surface area contributed by atoms with E-state index in [-0.39, 0.29) is 17.9 Å². The van der Waals surface area contributed by atoms with Crippen molar-refractivity contribution in [3.8, 4) is 5.75 Å². The molecule has 2 rings (SSSR count). The van der Waals surface area contributed by atoms with E-state index in [0.29, 0.717) is 16.5 Å². The standard InChI is InChI=1S/C17H19ClN2O2/c1-17(2,3)22-15-8-9-19-11-14(15)20-16(21)10-12-6-4-5-7-13(12)18/h4-9,11H,10H2,1-3H3,(H,20,21). The number of pyridine rings is 1. The lowest BCUT2D eigenvalue weighted by Gasteiger charge is -2.23. The highest BCUT2D eigenvalue weighted by Crippen LogP contribution is 2.27. The van der Waals surface area contributed by atoms with Crippen molar-refractivity contribution in [1.82, 2.24) is 4.98 Å². The molecule has 0 spiro atoms. The lowest BCUT2D eigenvalue weighted by atomic mass is 10.1. The molecule has 0 aliphatic rings. The molecular weight excluding hydrogens is 300 g/mol. The van der Waals surface area contributed by atoms with Gasteiger partial charge in [-0.05, 0) is 32.4 Å². The molecule has 1 aromatic carbocycles. The number of ether oxygens (including phenoxy) is 1. The molecule has 0 unspecified atom stereocenters. The molecule has 0 atom stereocenters. The molecule has 5 heteroatoms. The van der Waals surface area contributed by atoms with Crippen LogP contribution in [0.3, 0.4) is 0 Å². The molecule has 0 fully saturated rings. The molecular formula is C17H19ClN2O2. The Bertz CT molecular complexity index is 666. The summed E-state index contributed by atoms with van der Waals surface area (Å²) in [7, 11) is 0. The van der Waals surface area contributed by atoms with Gasteiger partial charge in [0.2, 0.25) is 5.91 Å². The van der Waals surface area contributed by atoms with Gasteiger partial charge in [0.1, 0.15) is 17.0 Å². The summed E-state index contributed by atoms with van der Waals surface area (Å²) in [6.45, 7) is 5.84. The highest BCUT2D eigenvalue weighted by molar-refractivity contribution is 6.31. The summed E-state index contributed by atoms with van der Waals surface area (Å²) < 4.78 is 5.83. The maximum atomic E-state index is 12.2. The van der Waals surface area contributed by atoms with E-state index in [1.54, 1.807) is 24.5 Å². The number of carbonyl (C=O) groups is 1. The maximum absolute atomic E-state index is 12.2. The number of anilines is 1. The largest absolute Gasteiger partial charge is 0.486 e. The molecule has 2 aromatic rings. The summed E-state index contributed by atoms with van der Waals surface area (Å²) >= 11 is 6.07. The number of hydrogen-bond donors (Lipinski definition) is 1. The first kappa shape index (κ1) is 16.3. The van der Waals surface area contributed by atoms with Crippen LogP contribution in [0.2, 0.25) is 5.02 Å². The van der Waals surface area contributed by atoms with Crippen molar-refractivity contribution in [2.24, 2.45) is 0 Å². The second-order valence-corrected chi connectivity index (χ2v) is 6.31. The number of hydrogen-bond acceptors (Lipinski definition) is 3. The smallest absolute Gasteiger partial charge is 0.228 e. The van der Waals surface area contributed by atoms with Gasteiger partial charge in [-0.3, -0.25) is 9.78 Å². The molecule has 116 valence electrons. The van der Waals surface area contributed by atoms with Gasteiger partial charge in [0, 0.05) is 17.3 Å². The summed E-state index contributed by atoms with van der Waals surface area (Å²) in [5.74, 6) is 0.426. The second kappa shape index (κ2) is 6.79. The van der Waals surface area contributed by atoms with E-state index in [1.165, 1.54) is 0 Å². The molecule has 1 heterocycles. The van der Waals surface area contributed by atoms with Gasteiger partial charge in [-0.1, -0.05) is 29.8 Å². The maximum Gasteiger partial charge on any atom is 0.228 e. The summed E-state index contributed by atoms with van der Waals surface area (Å²) in [6.07, 6.45) is 3.40. The van der Waals surface area contributed by atoms with Crippen molar-refractivity contribution in [3.63, 3.8) is 0 Å². The zero-order chi connectivity index (χ0) is 16.2. The lowest BCUT2D eigenvalue weighted by molar-refractivity contribution is -0.115. The SMILES string of the molecule is CC(C)(C)Oc1ccncc1NC(=O)Cc1ccccc1Cl. The molecule has 1 amide bonds. The Hall–Kier alpha value is -2.07. The third-order valence-corrected chi connectivity index (χ3v) is 3.15. The lowest BCUT2D eigenvalue weighted by Crippen LogP contribution is -2.24. The highest BCUT2D eigenvalue weighted by Gasteiger charge is 2.16. The summed E-state index contributed by atoms with van der Waals surface area (Å²) in [5.41, 5.74) is 0.974. The molecule has 0 aliphatic heterocycles. The van der Waals surface area contributed by atoms with Crippen LogP contribution in [0.4, 0.5) is 5.69 Å². The van der Waals surface area contributed by atoms with Crippen LogP contribution in [-0.2, 0) is 11.2 Å². The first-order chi connectivity index (χ1) is 10.3. The quantitative estimate of drug-likeness (QED) is 0.923.